The van der Waals surface area contributed by atoms with Crippen LogP contribution >= 0.6 is 15.6 Å². The van der Waals surface area contributed by atoms with Gasteiger partial charge in [0.15, 0.2) is 12.2 Å². The molecule has 6 atom stereocenters. The number of hydrogen-bond acceptors (Lipinski definition) is 15. The van der Waals surface area contributed by atoms with Gasteiger partial charge in [-0.2, -0.15) is 0 Å². The predicted molar refractivity (Wildman–Crippen MR) is 381 cm³/mol. The molecule has 0 aromatic heterocycles. The van der Waals surface area contributed by atoms with Crippen molar-refractivity contribution in [1.82, 2.24) is 0 Å². The summed E-state index contributed by atoms with van der Waals surface area (Å²) in [4.78, 5) is 72.7. The topological polar surface area (TPSA) is 237 Å². The molecule has 0 amide bonds. The normalized spacial score (nSPS) is 14.4. The molecule has 0 aliphatic carbocycles. The van der Waals surface area contributed by atoms with Gasteiger partial charge in [0, 0.05) is 25.7 Å². The number of carbonyl (C=O) groups excluding carboxylic acids is 4. The maximum atomic E-state index is 13.1. The second-order valence-corrected chi connectivity index (χ2v) is 31.1. The van der Waals surface area contributed by atoms with E-state index < -0.39 is 97.5 Å². The fraction of sp³-hybridized carbons (Fsp3) is 0.947. The Morgan fingerprint density at radius 3 is 0.809 bits per heavy atom. The van der Waals surface area contributed by atoms with Crippen LogP contribution in [-0.2, 0) is 65.4 Å². The van der Waals surface area contributed by atoms with Gasteiger partial charge in [0.1, 0.15) is 19.3 Å². The maximum absolute atomic E-state index is 13.1. The van der Waals surface area contributed by atoms with Gasteiger partial charge >= 0.3 is 39.5 Å². The Kier molecular flexibility index (Phi) is 64.3. The molecule has 3 N–H and O–H groups in total. The summed E-state index contributed by atoms with van der Waals surface area (Å²) in [6.07, 6.45) is 51.5. The van der Waals surface area contributed by atoms with E-state index in [-0.39, 0.29) is 25.7 Å². The van der Waals surface area contributed by atoms with Crippen LogP contribution in [0.1, 0.15) is 382 Å². The third kappa shape index (κ3) is 67.3. The molecule has 0 spiro atoms. The van der Waals surface area contributed by atoms with E-state index in [0.717, 1.165) is 108 Å². The highest BCUT2D eigenvalue weighted by Crippen LogP contribution is 2.45. The Morgan fingerprint density at radius 2 is 0.543 bits per heavy atom. The largest absolute Gasteiger partial charge is 0.472 e. The van der Waals surface area contributed by atoms with E-state index in [4.69, 9.17) is 37.0 Å². The molecule has 0 bridgehead atoms. The lowest BCUT2D eigenvalue weighted by Crippen LogP contribution is -2.30. The van der Waals surface area contributed by atoms with E-state index in [1.54, 1.807) is 0 Å². The summed E-state index contributed by atoms with van der Waals surface area (Å²) in [7, 11) is -9.91. The van der Waals surface area contributed by atoms with Crippen LogP contribution in [0.2, 0.25) is 0 Å². The van der Waals surface area contributed by atoms with Gasteiger partial charge in [0.05, 0.1) is 26.4 Å². The molecular formula is C75H146O17P2. The van der Waals surface area contributed by atoms with Crippen molar-refractivity contribution in [2.45, 2.75) is 401 Å². The smallest absolute Gasteiger partial charge is 0.462 e. The number of phosphoric ester groups is 2. The van der Waals surface area contributed by atoms with Gasteiger partial charge in [-0.1, -0.05) is 331 Å². The van der Waals surface area contributed by atoms with Crippen molar-refractivity contribution in [2.24, 2.45) is 17.8 Å². The van der Waals surface area contributed by atoms with E-state index >= 15 is 0 Å². The molecule has 19 heteroatoms. The summed E-state index contributed by atoms with van der Waals surface area (Å²) in [5, 5.41) is 10.6. The van der Waals surface area contributed by atoms with Crippen molar-refractivity contribution in [3.63, 3.8) is 0 Å². The van der Waals surface area contributed by atoms with Gasteiger partial charge in [-0.25, -0.2) is 9.13 Å². The lowest BCUT2D eigenvalue weighted by molar-refractivity contribution is -0.161. The van der Waals surface area contributed by atoms with Crippen molar-refractivity contribution in [3.8, 4) is 0 Å². The summed E-state index contributed by atoms with van der Waals surface area (Å²) in [5.41, 5.74) is 0. The lowest BCUT2D eigenvalue weighted by Gasteiger charge is -2.21. The Balaban J connectivity index is 5.23. The summed E-state index contributed by atoms with van der Waals surface area (Å²) in [6.45, 7) is 11.8. The maximum Gasteiger partial charge on any atom is 0.472 e. The van der Waals surface area contributed by atoms with Gasteiger partial charge in [0.25, 0.3) is 0 Å². The molecule has 0 aliphatic rings. The summed E-state index contributed by atoms with van der Waals surface area (Å²) in [5.74, 6) is 0.103. The monoisotopic (exact) mass is 1380 g/mol. The van der Waals surface area contributed by atoms with Crippen LogP contribution in [0.5, 0.6) is 0 Å². The van der Waals surface area contributed by atoms with Crippen LogP contribution in [0, 0.1) is 17.8 Å². The highest BCUT2D eigenvalue weighted by atomic mass is 31.2. The average molecular weight is 1380 g/mol. The van der Waals surface area contributed by atoms with Crippen LogP contribution in [0.4, 0.5) is 0 Å². The molecule has 0 heterocycles. The molecule has 17 nitrogen and oxygen atoms in total. The zero-order valence-corrected chi connectivity index (χ0v) is 63.2. The fourth-order valence-corrected chi connectivity index (χ4v) is 13.0. The summed E-state index contributed by atoms with van der Waals surface area (Å²) >= 11 is 0. The Morgan fingerprint density at radius 1 is 0.309 bits per heavy atom. The number of aliphatic hydroxyl groups excluding tert-OH is 1. The first-order valence-electron chi connectivity index (χ1n) is 38.9. The molecular weight excluding hydrogens is 1230 g/mol. The molecule has 0 radical (unpaired) electrons. The van der Waals surface area contributed by atoms with Gasteiger partial charge in [-0.05, 0) is 43.4 Å². The Bertz CT molecular complexity index is 1840. The van der Waals surface area contributed by atoms with Crippen LogP contribution in [0.25, 0.3) is 0 Å². The first-order valence-corrected chi connectivity index (χ1v) is 41.9. The standard InChI is InChI=1S/C75H146O17P2/c1-8-10-11-12-13-14-15-16-17-18-19-20-21-22-23-30-35-44-51-58-74(79)91-70(62-85-72(77)56-49-42-34-29-25-24-28-33-41-48-55-68(7)9-2)64-89-93(81,82)87-60-69(76)61-88-94(83,84)90-65-71(63-86-73(78)57-50-43-38-37-40-47-54-67(5)6)92-75(80)59-52-45-36-31-26-27-32-39-46-53-66(3)4/h66-71,76H,8-65H2,1-7H3,(H,81,82)(H,83,84)/t68?,69-,70-,71-/m1/s1. The molecule has 558 valence electrons. The van der Waals surface area contributed by atoms with Gasteiger partial charge in [0.2, 0.25) is 0 Å². The van der Waals surface area contributed by atoms with Crippen LogP contribution in [0.3, 0.4) is 0 Å². The molecule has 0 aromatic carbocycles. The van der Waals surface area contributed by atoms with Gasteiger partial charge in [-0.15, -0.1) is 0 Å². The highest BCUT2D eigenvalue weighted by Gasteiger charge is 2.30. The Hall–Kier alpha value is -1.94. The second-order valence-electron chi connectivity index (χ2n) is 28.2. The number of ether oxygens (including phenoxy) is 4. The van der Waals surface area contributed by atoms with Crippen LogP contribution < -0.4 is 0 Å². The molecule has 0 saturated carbocycles. The Labute approximate surface area is 575 Å². The number of carbonyl (C=O) groups is 4. The number of hydrogen-bond donors (Lipinski definition) is 3. The minimum absolute atomic E-state index is 0.104. The molecule has 0 saturated heterocycles. The van der Waals surface area contributed by atoms with E-state index in [9.17, 15) is 43.2 Å². The van der Waals surface area contributed by atoms with Crippen molar-refractivity contribution in [1.29, 1.82) is 0 Å². The lowest BCUT2D eigenvalue weighted by atomic mass is 9.99. The van der Waals surface area contributed by atoms with E-state index in [1.807, 2.05) is 0 Å². The van der Waals surface area contributed by atoms with Crippen molar-refractivity contribution >= 4 is 39.5 Å². The van der Waals surface area contributed by atoms with Crippen molar-refractivity contribution in [3.05, 3.63) is 0 Å². The zero-order chi connectivity index (χ0) is 69.4. The quantitative estimate of drug-likeness (QED) is 0.0222. The SMILES string of the molecule is CCCCCCCCCCCCCCCCCCCCCC(=O)O[C@H](COC(=O)CCCCCCCCCCCCC(C)CC)COP(=O)(O)OC[C@@H](O)COP(=O)(O)OC[C@@H](COC(=O)CCCCCCCCC(C)C)OC(=O)CCCCCCCCCCCC(C)C. The van der Waals surface area contributed by atoms with Gasteiger partial charge < -0.3 is 33.8 Å². The minimum Gasteiger partial charge on any atom is -0.462 e. The first-order chi connectivity index (χ1) is 45.3. The van der Waals surface area contributed by atoms with E-state index in [1.165, 1.54) is 186 Å². The van der Waals surface area contributed by atoms with E-state index in [2.05, 4.69) is 48.5 Å². The van der Waals surface area contributed by atoms with Crippen LogP contribution in [0.15, 0.2) is 0 Å². The average Bonchev–Trinajstić information content (AvgIpc) is 1.14. The van der Waals surface area contributed by atoms with E-state index in [0.29, 0.717) is 31.6 Å². The summed E-state index contributed by atoms with van der Waals surface area (Å²) in [6, 6.07) is 0. The third-order valence-electron chi connectivity index (χ3n) is 17.7. The number of esters is 4. The third-order valence-corrected chi connectivity index (χ3v) is 19.6. The minimum atomic E-state index is -4.96. The first kappa shape index (κ1) is 92.1. The zero-order valence-electron chi connectivity index (χ0n) is 61.4. The molecule has 0 aliphatic heterocycles. The van der Waals surface area contributed by atoms with Crippen molar-refractivity contribution in [2.75, 3.05) is 39.6 Å². The molecule has 0 rings (SSSR count). The second kappa shape index (κ2) is 65.7. The number of rotatable bonds is 73. The fourth-order valence-electron chi connectivity index (χ4n) is 11.4. The summed E-state index contributed by atoms with van der Waals surface area (Å²) < 4.78 is 68.4. The van der Waals surface area contributed by atoms with Gasteiger partial charge in [-0.3, -0.25) is 37.3 Å². The predicted octanol–water partition coefficient (Wildman–Crippen LogP) is 21.8. The molecule has 0 fully saturated rings. The molecule has 94 heavy (non-hydrogen) atoms. The number of aliphatic hydroxyl groups is 1. The number of phosphoric acid groups is 2. The van der Waals surface area contributed by atoms with Crippen molar-refractivity contribution < 1.29 is 80.2 Å². The highest BCUT2D eigenvalue weighted by molar-refractivity contribution is 7.47. The number of unbranched alkanes of at least 4 members (excludes halogenated alkanes) is 40. The van der Waals surface area contributed by atoms with Crippen LogP contribution in [-0.4, -0.2) is 96.7 Å². The molecule has 3 unspecified atom stereocenters. The molecule has 0 aromatic rings.